The molecule has 2 heterocycles. The molecule has 4 heteroatoms. The highest BCUT2D eigenvalue weighted by Gasteiger charge is 2.13. The second kappa shape index (κ2) is 6.48. The minimum Gasteiger partial charge on any atom is -0.335 e. The van der Waals surface area contributed by atoms with Crippen LogP contribution in [0.1, 0.15) is 36.5 Å². The van der Waals surface area contributed by atoms with Crippen molar-refractivity contribution in [1.29, 1.82) is 0 Å². The summed E-state index contributed by atoms with van der Waals surface area (Å²) in [6.07, 6.45) is 7.89. The maximum Gasteiger partial charge on any atom is 0.110 e. The minimum absolute atomic E-state index is 0.256. The molecular weight excluding hydrogens is 236 g/mol. The SMILES string of the molecule is CCCn1ccnc1CC(NC)c1ccc(C)nc1. The summed E-state index contributed by atoms with van der Waals surface area (Å²) in [7, 11) is 1.98. The molecule has 0 saturated carbocycles. The predicted octanol–water partition coefficient (Wildman–Crippen LogP) is 2.50. The lowest BCUT2D eigenvalue weighted by Crippen LogP contribution is -2.21. The van der Waals surface area contributed by atoms with Crippen molar-refractivity contribution >= 4 is 0 Å². The first-order valence-electron chi connectivity index (χ1n) is 6.84. The van der Waals surface area contributed by atoms with Crippen LogP contribution in [0.3, 0.4) is 0 Å². The number of rotatable bonds is 6. The van der Waals surface area contributed by atoms with Gasteiger partial charge in [-0.1, -0.05) is 13.0 Å². The third kappa shape index (κ3) is 3.41. The Morgan fingerprint density at radius 2 is 2.16 bits per heavy atom. The quantitative estimate of drug-likeness (QED) is 0.865. The first-order valence-corrected chi connectivity index (χ1v) is 6.84. The maximum absolute atomic E-state index is 4.47. The molecule has 2 rings (SSSR count). The lowest BCUT2D eigenvalue weighted by molar-refractivity contribution is 0.541. The van der Waals surface area contributed by atoms with Gasteiger partial charge in [-0.3, -0.25) is 4.98 Å². The third-order valence-corrected chi connectivity index (χ3v) is 3.34. The van der Waals surface area contributed by atoms with Crippen molar-refractivity contribution in [3.05, 3.63) is 47.8 Å². The molecule has 0 bridgehead atoms. The van der Waals surface area contributed by atoms with Gasteiger partial charge in [-0.05, 0) is 32.0 Å². The molecule has 0 saturated heterocycles. The highest BCUT2D eigenvalue weighted by molar-refractivity contribution is 5.18. The van der Waals surface area contributed by atoms with Gasteiger partial charge in [0.2, 0.25) is 0 Å². The summed E-state index contributed by atoms with van der Waals surface area (Å²) in [5.41, 5.74) is 2.25. The Labute approximate surface area is 114 Å². The molecular formula is C15H22N4. The zero-order valence-electron chi connectivity index (χ0n) is 11.9. The second-order valence-corrected chi connectivity index (χ2v) is 4.82. The summed E-state index contributed by atoms with van der Waals surface area (Å²) < 4.78 is 2.23. The number of hydrogen-bond donors (Lipinski definition) is 1. The van der Waals surface area contributed by atoms with Crippen molar-refractivity contribution in [2.75, 3.05) is 7.05 Å². The molecule has 0 fully saturated rings. The van der Waals surface area contributed by atoms with Gasteiger partial charge in [0.15, 0.2) is 0 Å². The van der Waals surface area contributed by atoms with E-state index in [0.717, 1.165) is 30.9 Å². The van der Waals surface area contributed by atoms with Gasteiger partial charge in [-0.15, -0.1) is 0 Å². The third-order valence-electron chi connectivity index (χ3n) is 3.34. The largest absolute Gasteiger partial charge is 0.335 e. The van der Waals surface area contributed by atoms with E-state index in [2.05, 4.69) is 45.1 Å². The van der Waals surface area contributed by atoms with Crippen LogP contribution in [0.5, 0.6) is 0 Å². The fourth-order valence-electron chi connectivity index (χ4n) is 2.23. The van der Waals surface area contributed by atoms with Crippen molar-refractivity contribution in [3.63, 3.8) is 0 Å². The molecule has 4 nitrogen and oxygen atoms in total. The predicted molar refractivity (Wildman–Crippen MR) is 77.0 cm³/mol. The second-order valence-electron chi connectivity index (χ2n) is 4.82. The van der Waals surface area contributed by atoms with E-state index < -0.39 is 0 Å². The van der Waals surface area contributed by atoms with E-state index in [4.69, 9.17) is 0 Å². The van der Waals surface area contributed by atoms with Crippen LogP contribution in [0.2, 0.25) is 0 Å². The molecule has 0 amide bonds. The van der Waals surface area contributed by atoms with Crippen molar-refractivity contribution in [3.8, 4) is 0 Å². The van der Waals surface area contributed by atoms with E-state index in [1.54, 1.807) is 0 Å². The standard InChI is InChI=1S/C15H22N4/c1-4-8-19-9-7-17-15(19)10-14(16-3)13-6-5-12(2)18-11-13/h5-7,9,11,14,16H,4,8,10H2,1-3H3. The van der Waals surface area contributed by atoms with Crippen molar-refractivity contribution in [2.24, 2.45) is 0 Å². The Morgan fingerprint density at radius 1 is 1.32 bits per heavy atom. The van der Waals surface area contributed by atoms with E-state index in [9.17, 15) is 0 Å². The fraction of sp³-hybridized carbons (Fsp3) is 0.467. The highest BCUT2D eigenvalue weighted by Crippen LogP contribution is 2.17. The average Bonchev–Trinajstić information content (AvgIpc) is 2.85. The number of imidazole rings is 1. The average molecular weight is 258 g/mol. The molecule has 102 valence electrons. The number of pyridine rings is 1. The number of aromatic nitrogens is 3. The zero-order chi connectivity index (χ0) is 13.7. The summed E-state index contributed by atoms with van der Waals surface area (Å²) in [4.78, 5) is 8.84. The molecule has 19 heavy (non-hydrogen) atoms. The molecule has 0 radical (unpaired) electrons. The van der Waals surface area contributed by atoms with Crippen LogP contribution in [0.25, 0.3) is 0 Å². The van der Waals surface area contributed by atoms with Gasteiger partial charge in [-0.2, -0.15) is 0 Å². The Kier molecular flexibility index (Phi) is 4.68. The Bertz CT molecular complexity index is 501. The molecule has 2 aromatic rings. The number of aryl methyl sites for hydroxylation is 2. The monoisotopic (exact) mass is 258 g/mol. The van der Waals surface area contributed by atoms with Gasteiger partial charge in [0.1, 0.15) is 5.82 Å². The number of nitrogens with zero attached hydrogens (tertiary/aromatic N) is 3. The Hall–Kier alpha value is -1.68. The van der Waals surface area contributed by atoms with Crippen LogP contribution in [0.15, 0.2) is 30.7 Å². The Balaban J connectivity index is 2.14. The summed E-state index contributed by atoms with van der Waals surface area (Å²) in [5, 5.41) is 3.35. The molecule has 1 unspecified atom stereocenters. The van der Waals surface area contributed by atoms with Gasteiger partial charge >= 0.3 is 0 Å². The first kappa shape index (κ1) is 13.7. The van der Waals surface area contributed by atoms with Crippen LogP contribution in [-0.4, -0.2) is 21.6 Å². The minimum atomic E-state index is 0.256. The van der Waals surface area contributed by atoms with Gasteiger partial charge in [-0.25, -0.2) is 4.98 Å². The molecule has 1 N–H and O–H groups in total. The molecule has 0 spiro atoms. The van der Waals surface area contributed by atoms with E-state index in [1.807, 2.05) is 26.4 Å². The van der Waals surface area contributed by atoms with E-state index in [1.165, 1.54) is 5.56 Å². The van der Waals surface area contributed by atoms with Crippen molar-refractivity contribution in [2.45, 2.75) is 39.3 Å². The number of hydrogen-bond acceptors (Lipinski definition) is 3. The first-order chi connectivity index (χ1) is 9.24. The number of likely N-dealkylation sites (N-methyl/N-ethyl adjacent to an activating group) is 1. The van der Waals surface area contributed by atoms with E-state index >= 15 is 0 Å². The summed E-state index contributed by atoms with van der Waals surface area (Å²) in [6.45, 7) is 5.22. The molecule has 2 aromatic heterocycles. The molecule has 0 aromatic carbocycles. The summed E-state index contributed by atoms with van der Waals surface area (Å²) in [6, 6.07) is 4.44. The van der Waals surface area contributed by atoms with Gasteiger partial charge in [0.05, 0.1) is 0 Å². The van der Waals surface area contributed by atoms with Crippen LogP contribution in [0, 0.1) is 6.92 Å². The maximum atomic E-state index is 4.47. The van der Waals surface area contributed by atoms with E-state index in [-0.39, 0.29) is 6.04 Å². The van der Waals surface area contributed by atoms with Gasteiger partial charge in [0.25, 0.3) is 0 Å². The van der Waals surface area contributed by atoms with Crippen molar-refractivity contribution in [1.82, 2.24) is 19.9 Å². The smallest absolute Gasteiger partial charge is 0.110 e. The lowest BCUT2D eigenvalue weighted by Gasteiger charge is -2.17. The van der Waals surface area contributed by atoms with Crippen molar-refractivity contribution < 1.29 is 0 Å². The van der Waals surface area contributed by atoms with Crippen LogP contribution in [-0.2, 0) is 13.0 Å². The van der Waals surface area contributed by atoms with Crippen LogP contribution in [0.4, 0.5) is 0 Å². The molecule has 0 aliphatic carbocycles. The summed E-state index contributed by atoms with van der Waals surface area (Å²) in [5.74, 6) is 1.13. The lowest BCUT2D eigenvalue weighted by atomic mass is 10.1. The fourth-order valence-corrected chi connectivity index (χ4v) is 2.23. The zero-order valence-corrected chi connectivity index (χ0v) is 11.9. The highest BCUT2D eigenvalue weighted by atomic mass is 15.1. The molecule has 1 atom stereocenters. The van der Waals surface area contributed by atoms with Gasteiger partial charge in [0, 0.05) is 43.3 Å². The van der Waals surface area contributed by atoms with E-state index in [0.29, 0.717) is 0 Å². The number of nitrogens with one attached hydrogen (secondary N) is 1. The van der Waals surface area contributed by atoms with Crippen LogP contribution < -0.4 is 5.32 Å². The van der Waals surface area contributed by atoms with Crippen LogP contribution >= 0.6 is 0 Å². The topological polar surface area (TPSA) is 42.7 Å². The van der Waals surface area contributed by atoms with Gasteiger partial charge < -0.3 is 9.88 Å². The normalized spacial score (nSPS) is 12.6. The Morgan fingerprint density at radius 3 is 2.79 bits per heavy atom. The summed E-state index contributed by atoms with van der Waals surface area (Å²) >= 11 is 0. The molecule has 0 aliphatic rings. The molecule has 0 aliphatic heterocycles.